The van der Waals surface area contributed by atoms with Crippen LogP contribution in [0, 0.1) is 0 Å². The molecule has 0 aliphatic carbocycles. The molecule has 0 N–H and O–H groups in total. The Hall–Kier alpha value is -1.06. The number of hydrogen-bond acceptors (Lipinski definition) is 2. The maximum Gasteiger partial charge on any atom is 0.207 e. The summed E-state index contributed by atoms with van der Waals surface area (Å²) in [5, 5.41) is 0.475. The number of hydrogen-bond donors (Lipinski definition) is 0. The lowest BCUT2D eigenvalue weighted by atomic mass is 10.3. The van der Waals surface area contributed by atoms with Crippen molar-refractivity contribution in [1.29, 1.82) is 0 Å². The van der Waals surface area contributed by atoms with Crippen LogP contribution < -0.4 is 0 Å². The molecule has 0 bridgehead atoms. The van der Waals surface area contributed by atoms with Gasteiger partial charge >= 0.3 is 0 Å². The number of aromatic nitrogens is 2. The number of halogens is 1. The summed E-state index contributed by atoms with van der Waals surface area (Å²) in [6, 6.07) is 5.83. The molecular formula is C9H9ClN2O. The van der Waals surface area contributed by atoms with E-state index in [1.165, 1.54) is 0 Å². The lowest BCUT2D eigenvalue weighted by Crippen LogP contribution is -1.88. The van der Waals surface area contributed by atoms with Crippen LogP contribution >= 0.6 is 11.6 Å². The zero-order valence-electron chi connectivity index (χ0n) is 7.20. The Balaban J connectivity index is 2.63. The molecule has 0 aliphatic heterocycles. The molecule has 0 saturated carbocycles. The van der Waals surface area contributed by atoms with E-state index in [9.17, 15) is 0 Å². The molecule has 0 amide bonds. The number of imidazole rings is 1. The number of fused-ring (bicyclic) bond motifs is 1. The van der Waals surface area contributed by atoms with E-state index < -0.39 is 0 Å². The molecule has 13 heavy (non-hydrogen) atoms. The Labute approximate surface area is 80.9 Å². The lowest BCUT2D eigenvalue weighted by Gasteiger charge is -1.95. The molecular weight excluding hydrogens is 188 g/mol. The monoisotopic (exact) mass is 196 g/mol. The summed E-state index contributed by atoms with van der Waals surface area (Å²) in [6.07, 6.45) is 1.88. The summed E-state index contributed by atoms with van der Waals surface area (Å²) in [5.74, 6) is 0. The minimum Gasteiger partial charge on any atom is -0.378 e. The molecule has 0 spiro atoms. The highest BCUT2D eigenvalue weighted by Gasteiger charge is 2.07. The van der Waals surface area contributed by atoms with E-state index >= 15 is 0 Å². The molecule has 0 aliphatic rings. The highest BCUT2D eigenvalue weighted by Crippen LogP contribution is 2.16. The summed E-state index contributed by atoms with van der Waals surface area (Å²) in [4.78, 5) is 4.18. The fourth-order valence-electron chi connectivity index (χ4n) is 1.30. The van der Waals surface area contributed by atoms with Crippen LogP contribution in [0.5, 0.6) is 0 Å². The second-order valence-electron chi connectivity index (χ2n) is 2.72. The van der Waals surface area contributed by atoms with Crippen molar-refractivity contribution in [1.82, 2.24) is 9.38 Å². The van der Waals surface area contributed by atoms with Crippen molar-refractivity contribution in [3.63, 3.8) is 0 Å². The molecule has 2 aromatic rings. The van der Waals surface area contributed by atoms with Crippen LogP contribution in [0.4, 0.5) is 0 Å². The predicted octanol–water partition coefficient (Wildman–Crippen LogP) is 2.13. The second kappa shape index (κ2) is 3.36. The standard InChI is InChI=1S/C9H9ClN2O/c1-13-6-7-8-4-2-3-5-12(8)9(10)11-7/h2-5H,6H2,1H3. The highest BCUT2D eigenvalue weighted by atomic mass is 35.5. The normalized spacial score (nSPS) is 10.9. The second-order valence-corrected chi connectivity index (χ2v) is 3.05. The summed E-state index contributed by atoms with van der Waals surface area (Å²) < 4.78 is 6.84. The molecule has 0 fully saturated rings. The summed E-state index contributed by atoms with van der Waals surface area (Å²) in [5.41, 5.74) is 1.86. The lowest BCUT2D eigenvalue weighted by molar-refractivity contribution is 0.183. The van der Waals surface area contributed by atoms with E-state index in [0.29, 0.717) is 11.9 Å². The molecule has 0 atom stereocenters. The maximum absolute atomic E-state index is 5.91. The molecule has 0 aromatic carbocycles. The molecule has 2 rings (SSSR count). The first-order valence-electron chi connectivity index (χ1n) is 3.93. The quantitative estimate of drug-likeness (QED) is 0.736. The van der Waals surface area contributed by atoms with Gasteiger partial charge in [-0.2, -0.15) is 0 Å². The zero-order valence-corrected chi connectivity index (χ0v) is 7.95. The zero-order chi connectivity index (χ0) is 9.26. The van der Waals surface area contributed by atoms with Crippen LogP contribution in [-0.4, -0.2) is 16.5 Å². The van der Waals surface area contributed by atoms with Gasteiger partial charge in [0.05, 0.1) is 17.8 Å². The van der Waals surface area contributed by atoms with Crippen molar-refractivity contribution in [2.75, 3.05) is 7.11 Å². The van der Waals surface area contributed by atoms with E-state index in [0.717, 1.165) is 11.2 Å². The Bertz CT molecular complexity index is 424. The third-order valence-electron chi connectivity index (χ3n) is 1.86. The first-order chi connectivity index (χ1) is 6.33. The van der Waals surface area contributed by atoms with E-state index in [4.69, 9.17) is 16.3 Å². The van der Waals surface area contributed by atoms with E-state index in [2.05, 4.69) is 4.98 Å². The maximum atomic E-state index is 5.91. The van der Waals surface area contributed by atoms with Crippen molar-refractivity contribution < 1.29 is 4.74 Å². The molecule has 2 heterocycles. The molecule has 68 valence electrons. The molecule has 0 unspecified atom stereocenters. The Morgan fingerprint density at radius 1 is 1.54 bits per heavy atom. The van der Waals surface area contributed by atoms with Gasteiger partial charge in [-0.15, -0.1) is 0 Å². The van der Waals surface area contributed by atoms with Crippen molar-refractivity contribution in [3.8, 4) is 0 Å². The SMILES string of the molecule is COCc1nc(Cl)n2ccccc12. The minimum atomic E-state index is 0.475. The number of nitrogens with zero attached hydrogens (tertiary/aromatic N) is 2. The van der Waals surface area contributed by atoms with Gasteiger partial charge in [0.2, 0.25) is 5.28 Å². The van der Waals surface area contributed by atoms with Gasteiger partial charge in [-0.25, -0.2) is 4.98 Å². The van der Waals surface area contributed by atoms with Crippen molar-refractivity contribution in [2.24, 2.45) is 0 Å². The molecule has 0 saturated heterocycles. The van der Waals surface area contributed by atoms with Crippen molar-refractivity contribution in [3.05, 3.63) is 35.4 Å². The minimum absolute atomic E-state index is 0.475. The average Bonchev–Trinajstić information content (AvgIpc) is 2.46. The van der Waals surface area contributed by atoms with Crippen LogP contribution in [0.25, 0.3) is 5.52 Å². The summed E-state index contributed by atoms with van der Waals surface area (Å²) >= 11 is 5.91. The summed E-state index contributed by atoms with van der Waals surface area (Å²) in [6.45, 7) is 0.486. The number of rotatable bonds is 2. The fraction of sp³-hybridized carbons (Fsp3) is 0.222. The molecule has 4 heteroatoms. The van der Waals surface area contributed by atoms with E-state index in [-0.39, 0.29) is 0 Å². The van der Waals surface area contributed by atoms with Gasteiger partial charge in [0, 0.05) is 13.3 Å². The fourth-order valence-corrected chi connectivity index (χ4v) is 1.55. The Morgan fingerprint density at radius 3 is 3.15 bits per heavy atom. The average molecular weight is 197 g/mol. The van der Waals surface area contributed by atoms with Crippen LogP contribution in [-0.2, 0) is 11.3 Å². The van der Waals surface area contributed by atoms with Crippen LogP contribution in [0.15, 0.2) is 24.4 Å². The Morgan fingerprint density at radius 2 is 2.38 bits per heavy atom. The number of methoxy groups -OCH3 is 1. The number of ether oxygens (including phenoxy) is 1. The van der Waals surface area contributed by atoms with Gasteiger partial charge in [-0.05, 0) is 23.7 Å². The van der Waals surface area contributed by atoms with Gasteiger partial charge < -0.3 is 4.74 Å². The smallest absolute Gasteiger partial charge is 0.207 e. The van der Waals surface area contributed by atoms with Crippen LogP contribution in [0.2, 0.25) is 5.28 Å². The van der Waals surface area contributed by atoms with E-state index in [1.54, 1.807) is 7.11 Å². The van der Waals surface area contributed by atoms with Gasteiger partial charge in [0.1, 0.15) is 0 Å². The predicted molar refractivity (Wildman–Crippen MR) is 50.9 cm³/mol. The van der Waals surface area contributed by atoms with Gasteiger partial charge in [0.15, 0.2) is 0 Å². The van der Waals surface area contributed by atoms with Crippen molar-refractivity contribution >= 4 is 17.1 Å². The van der Waals surface area contributed by atoms with Crippen LogP contribution in [0.1, 0.15) is 5.69 Å². The van der Waals surface area contributed by atoms with Crippen molar-refractivity contribution in [2.45, 2.75) is 6.61 Å². The third-order valence-corrected chi connectivity index (χ3v) is 2.13. The van der Waals surface area contributed by atoms with Gasteiger partial charge in [-0.3, -0.25) is 4.40 Å². The third kappa shape index (κ3) is 1.41. The van der Waals surface area contributed by atoms with Gasteiger partial charge in [0.25, 0.3) is 0 Å². The summed E-state index contributed by atoms with van der Waals surface area (Å²) in [7, 11) is 1.64. The van der Waals surface area contributed by atoms with E-state index in [1.807, 2.05) is 28.8 Å². The topological polar surface area (TPSA) is 26.5 Å². The molecule has 3 nitrogen and oxygen atoms in total. The van der Waals surface area contributed by atoms with Crippen LogP contribution in [0.3, 0.4) is 0 Å². The highest BCUT2D eigenvalue weighted by molar-refractivity contribution is 6.28. The molecule has 2 aromatic heterocycles. The first kappa shape index (κ1) is 8.53. The van der Waals surface area contributed by atoms with Gasteiger partial charge in [-0.1, -0.05) is 6.07 Å². The Kier molecular flexibility index (Phi) is 2.20. The molecule has 0 radical (unpaired) electrons. The first-order valence-corrected chi connectivity index (χ1v) is 4.31. The number of pyridine rings is 1. The largest absolute Gasteiger partial charge is 0.378 e.